The zero-order chi connectivity index (χ0) is 110. The van der Waals surface area contributed by atoms with Crippen LogP contribution in [0, 0.1) is 0 Å². The predicted octanol–water partition coefficient (Wildman–Crippen LogP) is 27.4. The Hall–Kier alpha value is -14.0. The highest BCUT2D eigenvalue weighted by molar-refractivity contribution is 6.10. The summed E-state index contributed by atoms with van der Waals surface area (Å²) >= 11 is 0. The van der Waals surface area contributed by atoms with E-state index in [1.807, 2.05) is 420 Å². The van der Waals surface area contributed by atoms with E-state index in [-0.39, 0.29) is 99.3 Å². The number of carbonyl (C=O) groups excluding carboxylic acids is 4. The summed E-state index contributed by atoms with van der Waals surface area (Å²) in [6, 6.07) is 60.7. The van der Waals surface area contributed by atoms with E-state index in [2.05, 4.69) is 58.8 Å². The summed E-state index contributed by atoms with van der Waals surface area (Å²) in [7, 11) is 0. The maximum Gasteiger partial charge on any atom is 0.277 e. The Balaban J connectivity index is 0.000000799. The molecule has 5 aromatic carbocycles. The molecule has 24 heteroatoms. The van der Waals surface area contributed by atoms with Gasteiger partial charge in [-0.2, -0.15) is 5.10 Å². The van der Waals surface area contributed by atoms with Gasteiger partial charge >= 0.3 is 0 Å². The fraction of sp³-hybridized carbons (Fsp3) is 0.413. The summed E-state index contributed by atoms with van der Waals surface area (Å²) in [5.41, 5.74) is 7.54. The van der Waals surface area contributed by atoms with E-state index in [1.165, 1.54) is 26.3 Å². The minimum absolute atomic E-state index is 0.0156. The van der Waals surface area contributed by atoms with Crippen molar-refractivity contribution in [1.29, 1.82) is 0 Å². The smallest absolute Gasteiger partial charge is 0.277 e. The van der Waals surface area contributed by atoms with Crippen LogP contribution in [0.25, 0.3) is 64.9 Å². The monoisotopic (exact) mass is 1980 g/mol. The van der Waals surface area contributed by atoms with Gasteiger partial charge in [0.05, 0.1) is 52.1 Å². The van der Waals surface area contributed by atoms with Crippen LogP contribution in [0.3, 0.4) is 0 Å². The lowest BCUT2D eigenvalue weighted by molar-refractivity contribution is -0.133. The van der Waals surface area contributed by atoms with E-state index in [4.69, 9.17) is 0 Å². The zero-order valence-electron chi connectivity index (χ0n) is 93.9. The first-order valence-corrected chi connectivity index (χ1v) is 52.3. The molecular formula is C121H170N14O10. The number of benzene rings is 5. The second-order valence-corrected chi connectivity index (χ2v) is 33.6. The molecule has 0 N–H and O–H groups in total. The quantitative estimate of drug-likeness (QED) is 0.121. The van der Waals surface area contributed by atoms with Crippen LogP contribution in [0.2, 0.25) is 0 Å². The van der Waals surface area contributed by atoms with Crippen molar-refractivity contribution in [3.8, 4) is 0 Å². The van der Waals surface area contributed by atoms with E-state index in [9.17, 15) is 47.9 Å². The molecule has 18 rings (SSSR count). The van der Waals surface area contributed by atoms with Crippen LogP contribution in [-0.2, 0) is 35.4 Å². The van der Waals surface area contributed by atoms with Crippen LogP contribution < -0.4 is 33.4 Å². The maximum absolute atomic E-state index is 12.0. The minimum atomic E-state index is -0.170. The highest BCUT2D eigenvalue weighted by atomic mass is 16.2. The van der Waals surface area contributed by atoms with Gasteiger partial charge < -0.3 is 32.6 Å². The fourth-order valence-electron chi connectivity index (χ4n) is 14.8. The standard InChI is InChI=1S/C12H13NO2.2C12H15NO.C12H13NO.5C11H12N2O.9C2H6/c1-8(2)13-11(14)7-9-5-3-4-6-10(9)12(13)15;1-9(2)13-8-11-6-4-3-5-10(11)7-12(13)14;2*1-9(2)13-8-7-10-5-3-4-6-11(10)12(13)14;1-8(2)13-6-4-9-7-12-5-3-10(9)11(13)14;1-8(2)13-6-4-9-3-5-12-7-10(9)11(13)14;1-8(2)13-7-5-10-9(11(13)14)4-3-6-12-10;1-8(2)13-7-5-9-4-3-6-12-10(9)11(13)14;1-8(2)13-11(14)10-6-4-3-5-9(10)7-12-13;9*1-2/h3-6,8H,7H2,1-2H3;2*3-6,9H,7-8H2,1-2H3;3-9H,1-2H3;5*3-8H,1-2H3;9*1-2H3. The Bertz CT molecular complexity index is 6020. The summed E-state index contributed by atoms with van der Waals surface area (Å²) in [6.07, 6.45) is 22.7. The molecule has 0 unspecified atom stereocenters. The summed E-state index contributed by atoms with van der Waals surface area (Å²) in [5, 5.41) is 12.4. The molecule has 4 amide bonds. The Labute approximate surface area is 863 Å². The molecule has 0 aliphatic carbocycles. The average molecular weight is 1980 g/mol. The highest BCUT2D eigenvalue weighted by Crippen LogP contribution is 2.25. The molecule has 0 fully saturated rings. The molecule has 24 nitrogen and oxygen atoms in total. The molecule has 0 saturated carbocycles. The van der Waals surface area contributed by atoms with Crippen LogP contribution in [0.15, 0.2) is 291 Å². The van der Waals surface area contributed by atoms with Crippen molar-refractivity contribution >= 4 is 88.5 Å². The molecule has 145 heavy (non-hydrogen) atoms. The minimum Gasteiger partial charge on any atom is -0.336 e. The van der Waals surface area contributed by atoms with Crippen molar-refractivity contribution < 1.29 is 19.2 Å². The summed E-state index contributed by atoms with van der Waals surface area (Å²) < 4.78 is 10.1. The number of pyridine rings is 9. The van der Waals surface area contributed by atoms with E-state index >= 15 is 0 Å². The Morgan fingerprint density at radius 2 is 0.621 bits per heavy atom. The third-order valence-corrected chi connectivity index (χ3v) is 21.8. The van der Waals surface area contributed by atoms with Crippen LogP contribution in [0.1, 0.15) is 328 Å². The van der Waals surface area contributed by atoms with Gasteiger partial charge in [-0.25, -0.2) is 4.68 Å². The third kappa shape index (κ3) is 37.0. The molecule has 0 radical (unpaired) electrons. The lowest BCUT2D eigenvalue weighted by Gasteiger charge is -2.31. The first-order chi connectivity index (χ1) is 69.7. The number of rotatable bonds is 9. The van der Waals surface area contributed by atoms with Crippen LogP contribution in [0.5, 0.6) is 0 Å². The van der Waals surface area contributed by atoms with Crippen molar-refractivity contribution in [3.63, 3.8) is 0 Å². The summed E-state index contributed by atoms with van der Waals surface area (Å²) in [5.74, 6) is 0.158. The number of aromatic nitrogens is 11. The number of nitrogens with zero attached hydrogens (tertiary/aromatic N) is 14. The average Bonchev–Trinajstić information content (AvgIpc) is 0.784. The van der Waals surface area contributed by atoms with Gasteiger partial charge in [-0.3, -0.25) is 72.8 Å². The number of hydrogen-bond donors (Lipinski definition) is 0. The van der Waals surface area contributed by atoms with Crippen LogP contribution >= 0.6 is 0 Å². The predicted molar refractivity (Wildman–Crippen MR) is 611 cm³/mol. The van der Waals surface area contributed by atoms with Crippen molar-refractivity contribution in [2.24, 2.45) is 0 Å². The molecule has 0 atom stereocenters. The molecule has 13 heterocycles. The van der Waals surface area contributed by atoms with Crippen LogP contribution in [0.4, 0.5) is 0 Å². The van der Waals surface area contributed by atoms with Crippen molar-refractivity contribution in [2.45, 2.75) is 329 Å². The molecule has 0 spiro atoms. The first kappa shape index (κ1) is 129. The largest absolute Gasteiger partial charge is 0.336 e. The Morgan fingerprint density at radius 3 is 1.13 bits per heavy atom. The van der Waals surface area contributed by atoms with Crippen molar-refractivity contribution in [2.75, 3.05) is 6.54 Å². The molecule has 10 aromatic heterocycles. The van der Waals surface area contributed by atoms with Crippen LogP contribution in [-0.4, -0.2) is 116 Å². The number of fused-ring (bicyclic) bond motifs is 9. The molecular weight excluding hydrogens is 1810 g/mol. The molecule has 3 aliphatic rings. The maximum atomic E-state index is 12.0. The third-order valence-electron chi connectivity index (χ3n) is 21.8. The van der Waals surface area contributed by atoms with Gasteiger partial charge in [-0.05, 0) is 249 Å². The molecule has 784 valence electrons. The van der Waals surface area contributed by atoms with Gasteiger partial charge in [0.1, 0.15) is 5.52 Å². The van der Waals surface area contributed by atoms with Crippen molar-refractivity contribution in [1.82, 2.24) is 67.3 Å². The second-order valence-electron chi connectivity index (χ2n) is 33.6. The van der Waals surface area contributed by atoms with Gasteiger partial charge in [-0.1, -0.05) is 228 Å². The number of amides is 4. The Morgan fingerprint density at radius 1 is 0.255 bits per heavy atom. The molecule has 0 saturated heterocycles. The normalized spacial score (nSPS) is 11.5. The summed E-state index contributed by atoms with van der Waals surface area (Å²) in [4.78, 5) is 140. The topological polar surface area (TPSA) is 274 Å². The van der Waals surface area contributed by atoms with E-state index in [0.717, 1.165) is 79.2 Å². The van der Waals surface area contributed by atoms with Gasteiger partial charge in [0.25, 0.3) is 45.2 Å². The van der Waals surface area contributed by atoms with Gasteiger partial charge in [0.15, 0.2) is 0 Å². The highest BCUT2D eigenvalue weighted by Gasteiger charge is 2.33. The van der Waals surface area contributed by atoms with E-state index < -0.39 is 0 Å². The second kappa shape index (κ2) is 69.0. The van der Waals surface area contributed by atoms with Gasteiger partial charge in [0, 0.05) is 162 Å². The van der Waals surface area contributed by atoms with E-state index in [0.29, 0.717) is 46.8 Å². The summed E-state index contributed by atoms with van der Waals surface area (Å²) in [6.45, 7) is 73.4. The Kier molecular flexibility index (Phi) is 61.4. The molecule has 15 aromatic rings. The first-order valence-electron chi connectivity index (χ1n) is 52.3. The lowest BCUT2D eigenvalue weighted by Crippen LogP contribution is -2.46. The fourth-order valence-corrected chi connectivity index (χ4v) is 14.8. The van der Waals surface area contributed by atoms with Gasteiger partial charge in [-0.15, -0.1) is 0 Å². The lowest BCUT2D eigenvalue weighted by atomic mass is 9.97. The number of imide groups is 1. The number of hydrogen-bond acceptors (Lipinski definition) is 15. The SMILES string of the molecule is CC.CC.CC.CC.CC.CC.CC.CC.CC.CC(C)N1C(=O)Cc2ccccc2C1=O.CC(C)N1CCc2ccccc2C1=O.CC(C)N1Cc2ccccc2CC1=O.CC(C)n1ccc2ccccc2c1=O.CC(C)n1ccc2cccnc2c1=O.CC(C)n1ccc2ccncc2c1=O.CC(C)n1ccc2cnccc2c1=O.CC(C)n1ccc2ncccc2c1=O.CC(C)n1ncc2ccccc2c1=O. The molecule has 3 aliphatic heterocycles. The number of carbonyl (C=O) groups is 4. The van der Waals surface area contributed by atoms with Gasteiger partial charge in [0.2, 0.25) is 11.8 Å². The van der Waals surface area contributed by atoms with Crippen molar-refractivity contribution in [3.05, 3.63) is 358 Å². The molecule has 0 bridgehead atoms. The zero-order valence-corrected chi connectivity index (χ0v) is 93.9. The van der Waals surface area contributed by atoms with E-state index in [1.54, 1.807) is 90.6 Å².